The van der Waals surface area contributed by atoms with Crippen LogP contribution in [0.25, 0.3) is 55.3 Å². The highest BCUT2D eigenvalue weighted by atomic mass is 32.1. The van der Waals surface area contributed by atoms with Gasteiger partial charge in [-0.2, -0.15) is 5.10 Å². The van der Waals surface area contributed by atoms with Gasteiger partial charge in [-0.3, -0.25) is 15.1 Å². The van der Waals surface area contributed by atoms with Crippen molar-refractivity contribution < 1.29 is 0 Å². The fourth-order valence-corrected chi connectivity index (χ4v) is 4.94. The van der Waals surface area contributed by atoms with Crippen molar-refractivity contribution in [3.8, 4) is 33.2 Å². The molecule has 0 bridgehead atoms. The number of H-pyrrole nitrogens is 2. The number of fused-ring (bicyclic) bond motifs is 2. The fraction of sp³-hybridized carbons (Fsp3) is 0.148. The second-order valence-electron chi connectivity index (χ2n) is 9.01. The van der Waals surface area contributed by atoms with E-state index in [0.717, 1.165) is 50.3 Å². The number of nitrogens with zero attached hydrogens (tertiary/aromatic N) is 5. The van der Waals surface area contributed by atoms with Crippen LogP contribution < -0.4 is 5.32 Å². The van der Waals surface area contributed by atoms with Crippen LogP contribution in [-0.4, -0.2) is 35.1 Å². The minimum atomic E-state index is 0.319. The average molecular weight is 493 g/mol. The Kier molecular flexibility index (Phi) is 5.34. The van der Waals surface area contributed by atoms with E-state index in [9.17, 15) is 0 Å². The lowest BCUT2D eigenvalue weighted by molar-refractivity contribution is 0.778. The highest BCUT2D eigenvalue weighted by Gasteiger charge is 2.17. The van der Waals surface area contributed by atoms with Crippen LogP contribution in [0.4, 0.5) is 5.69 Å². The van der Waals surface area contributed by atoms with Gasteiger partial charge >= 0.3 is 0 Å². The maximum Gasteiger partial charge on any atom is 0.178 e. The topological polar surface area (TPSA) is 108 Å². The highest BCUT2D eigenvalue weighted by Crippen LogP contribution is 2.34. The summed E-state index contributed by atoms with van der Waals surface area (Å²) in [4.78, 5) is 24.2. The Hall–Kier alpha value is -4.37. The molecular formula is C27H24N8S. The van der Waals surface area contributed by atoms with E-state index in [1.54, 1.807) is 36.1 Å². The third-order valence-electron chi connectivity index (χ3n) is 6.11. The number of imidazole rings is 1. The molecule has 0 fully saturated rings. The van der Waals surface area contributed by atoms with Crippen LogP contribution in [0.15, 0.2) is 67.4 Å². The van der Waals surface area contributed by atoms with Crippen molar-refractivity contribution in [2.24, 2.45) is 5.92 Å². The molecule has 8 nitrogen and oxygen atoms in total. The van der Waals surface area contributed by atoms with E-state index >= 15 is 0 Å². The van der Waals surface area contributed by atoms with Gasteiger partial charge in [-0.15, -0.1) is 11.3 Å². The van der Waals surface area contributed by atoms with Crippen LogP contribution in [0.2, 0.25) is 0 Å². The molecule has 0 atom stereocenters. The predicted molar refractivity (Wildman–Crippen MR) is 146 cm³/mol. The van der Waals surface area contributed by atoms with E-state index in [0.29, 0.717) is 17.4 Å². The lowest BCUT2D eigenvalue weighted by Gasteiger charge is -2.13. The number of aryl methyl sites for hydroxylation is 1. The molecule has 0 saturated heterocycles. The number of aromatic amines is 2. The van der Waals surface area contributed by atoms with Crippen molar-refractivity contribution in [1.29, 1.82) is 0 Å². The molecule has 3 N–H and O–H groups in total. The number of hydrogen-bond acceptors (Lipinski definition) is 7. The normalized spacial score (nSPS) is 11.6. The molecule has 0 aromatic carbocycles. The van der Waals surface area contributed by atoms with E-state index in [2.05, 4.69) is 74.9 Å². The van der Waals surface area contributed by atoms with Gasteiger partial charge in [-0.25, -0.2) is 9.97 Å². The summed E-state index contributed by atoms with van der Waals surface area (Å²) in [6.45, 7) is 10.4. The quantitative estimate of drug-likeness (QED) is 0.242. The van der Waals surface area contributed by atoms with E-state index < -0.39 is 0 Å². The number of thiophene rings is 1. The summed E-state index contributed by atoms with van der Waals surface area (Å²) in [5.74, 6) is 0.975. The first kappa shape index (κ1) is 22.1. The van der Waals surface area contributed by atoms with Crippen LogP contribution >= 0.6 is 11.3 Å². The van der Waals surface area contributed by atoms with Gasteiger partial charge in [0.15, 0.2) is 11.5 Å². The molecule has 36 heavy (non-hydrogen) atoms. The number of hydrogen-bond donors (Lipinski definition) is 3. The van der Waals surface area contributed by atoms with Crippen molar-refractivity contribution in [3.05, 3.63) is 72.3 Å². The highest BCUT2D eigenvalue weighted by molar-refractivity contribution is 7.15. The number of allylic oxidation sites excluding steroid dienone is 1. The average Bonchev–Trinajstić information content (AvgIpc) is 3.61. The van der Waals surface area contributed by atoms with E-state index in [4.69, 9.17) is 4.98 Å². The second kappa shape index (κ2) is 8.69. The monoisotopic (exact) mass is 492 g/mol. The first-order valence-electron chi connectivity index (χ1n) is 11.6. The van der Waals surface area contributed by atoms with Crippen molar-refractivity contribution in [2.75, 3.05) is 5.32 Å². The van der Waals surface area contributed by atoms with E-state index in [-0.39, 0.29) is 0 Å². The van der Waals surface area contributed by atoms with Crippen molar-refractivity contribution in [2.45, 2.75) is 20.8 Å². The zero-order chi connectivity index (χ0) is 24.8. The Labute approximate surface area is 211 Å². The molecule has 0 aliphatic rings. The molecular weight excluding hydrogens is 468 g/mol. The molecule has 0 amide bonds. The van der Waals surface area contributed by atoms with E-state index in [1.165, 1.54) is 9.75 Å². The first-order valence-corrected chi connectivity index (χ1v) is 12.4. The SMILES string of the molecule is C=C(Nc1cncc(-c2cc3c(-c4nc5nccc(-c6ccc(C)s6)c5[nH]4)n[nH]c3cn2)c1)C(C)C. The number of nitrogens with one attached hydrogen (secondary N) is 3. The zero-order valence-corrected chi connectivity index (χ0v) is 20.9. The zero-order valence-electron chi connectivity index (χ0n) is 20.1. The van der Waals surface area contributed by atoms with Gasteiger partial charge in [-0.05, 0) is 43.2 Å². The van der Waals surface area contributed by atoms with Gasteiger partial charge in [0.1, 0.15) is 5.69 Å². The minimum Gasteiger partial charge on any atom is -0.358 e. The second-order valence-corrected chi connectivity index (χ2v) is 10.3. The molecule has 6 rings (SSSR count). The van der Waals surface area contributed by atoms with Crippen molar-refractivity contribution >= 4 is 39.1 Å². The summed E-state index contributed by atoms with van der Waals surface area (Å²) in [5, 5.41) is 11.9. The third-order valence-corrected chi connectivity index (χ3v) is 7.14. The number of pyridine rings is 3. The van der Waals surface area contributed by atoms with Gasteiger partial charge < -0.3 is 10.3 Å². The molecule has 0 spiro atoms. The summed E-state index contributed by atoms with van der Waals surface area (Å²) in [7, 11) is 0. The molecule has 0 aliphatic carbocycles. The van der Waals surface area contributed by atoms with Gasteiger partial charge in [0.25, 0.3) is 0 Å². The Balaban J connectivity index is 1.41. The Morgan fingerprint density at radius 2 is 1.97 bits per heavy atom. The largest absolute Gasteiger partial charge is 0.358 e. The van der Waals surface area contributed by atoms with Crippen LogP contribution in [0.1, 0.15) is 18.7 Å². The standard InChI is InChI=1S/C27H24N8S/c1-14(2)16(4)31-18-9-17(11-28-12-18)21-10-20-22(13-30-21)34-35-25(20)27-32-24-19(7-8-29-26(24)33-27)23-6-5-15(3)36-23/h5-14,31H,4H2,1-3H3,(H,34,35)(H,29,32,33). The maximum absolute atomic E-state index is 4.77. The maximum atomic E-state index is 4.77. The third kappa shape index (κ3) is 3.93. The first-order chi connectivity index (χ1) is 17.5. The summed E-state index contributed by atoms with van der Waals surface area (Å²) in [6.07, 6.45) is 7.17. The smallest absolute Gasteiger partial charge is 0.178 e. The van der Waals surface area contributed by atoms with Gasteiger partial charge in [0, 0.05) is 44.4 Å². The molecule has 0 saturated carbocycles. The van der Waals surface area contributed by atoms with Gasteiger partial charge in [0.05, 0.1) is 34.8 Å². The summed E-state index contributed by atoms with van der Waals surface area (Å²) < 4.78 is 0. The predicted octanol–water partition coefficient (Wildman–Crippen LogP) is 6.58. The molecule has 178 valence electrons. The number of anilines is 1. The molecule has 6 aromatic rings. The Morgan fingerprint density at radius 1 is 1.08 bits per heavy atom. The summed E-state index contributed by atoms with van der Waals surface area (Å²) >= 11 is 1.75. The summed E-state index contributed by atoms with van der Waals surface area (Å²) in [5.41, 5.74) is 7.68. The van der Waals surface area contributed by atoms with Crippen LogP contribution in [-0.2, 0) is 0 Å². The molecule has 0 radical (unpaired) electrons. The van der Waals surface area contributed by atoms with Crippen LogP contribution in [0.3, 0.4) is 0 Å². The lowest BCUT2D eigenvalue weighted by atomic mass is 10.1. The van der Waals surface area contributed by atoms with Crippen molar-refractivity contribution in [3.63, 3.8) is 0 Å². The van der Waals surface area contributed by atoms with Crippen molar-refractivity contribution in [1.82, 2.24) is 35.1 Å². The van der Waals surface area contributed by atoms with Gasteiger partial charge in [0.2, 0.25) is 0 Å². The molecule has 0 unspecified atom stereocenters. The van der Waals surface area contributed by atoms with Gasteiger partial charge in [-0.1, -0.05) is 20.4 Å². The van der Waals surface area contributed by atoms with E-state index in [1.807, 2.05) is 18.2 Å². The fourth-order valence-electron chi connectivity index (χ4n) is 4.04. The number of rotatable bonds is 6. The lowest BCUT2D eigenvalue weighted by Crippen LogP contribution is -2.04. The minimum absolute atomic E-state index is 0.319. The molecule has 9 heteroatoms. The van der Waals surface area contributed by atoms with Crippen LogP contribution in [0, 0.1) is 12.8 Å². The molecule has 6 heterocycles. The Bertz CT molecular complexity index is 1740. The number of aromatic nitrogens is 7. The van der Waals surface area contributed by atoms with Crippen LogP contribution in [0.5, 0.6) is 0 Å². The summed E-state index contributed by atoms with van der Waals surface area (Å²) in [6, 6.07) is 10.3. The Morgan fingerprint density at radius 3 is 2.78 bits per heavy atom. The molecule has 6 aromatic heterocycles. The molecule has 0 aliphatic heterocycles.